The molecule has 0 bridgehead atoms. The fraction of sp³-hybridized carbons (Fsp3) is 0.500. The summed E-state index contributed by atoms with van der Waals surface area (Å²) in [5.41, 5.74) is 1.92. The average molecular weight is 257 g/mol. The second kappa shape index (κ2) is 3.79. The number of carboxylic acid groups (broad SMARTS) is 1. The van der Waals surface area contributed by atoms with Crippen LogP contribution >= 0.6 is 0 Å². The van der Waals surface area contributed by atoms with Crippen LogP contribution in [0.1, 0.15) is 42.1 Å². The van der Waals surface area contributed by atoms with Gasteiger partial charge in [0.2, 0.25) is 0 Å². The third kappa shape index (κ3) is 1.80. The van der Waals surface area contributed by atoms with Crippen molar-refractivity contribution < 1.29 is 9.90 Å². The van der Waals surface area contributed by atoms with Crippen molar-refractivity contribution in [1.29, 1.82) is 0 Å². The van der Waals surface area contributed by atoms with Crippen molar-refractivity contribution in [3.05, 3.63) is 23.8 Å². The molecule has 1 heterocycles. The molecule has 1 aromatic carbocycles. The van der Waals surface area contributed by atoms with Gasteiger partial charge in [-0.3, -0.25) is 0 Å². The summed E-state index contributed by atoms with van der Waals surface area (Å²) in [7, 11) is 0. The first-order valence-electron chi connectivity index (χ1n) is 6.82. The van der Waals surface area contributed by atoms with Gasteiger partial charge in [0.05, 0.1) is 17.1 Å². The van der Waals surface area contributed by atoms with Crippen LogP contribution in [0, 0.1) is 11.8 Å². The molecule has 0 saturated heterocycles. The molecule has 5 heteroatoms. The van der Waals surface area contributed by atoms with E-state index >= 15 is 0 Å². The number of hydrogen-bond donors (Lipinski definition) is 1. The Hall–Kier alpha value is -1.91. The lowest BCUT2D eigenvalue weighted by Gasteiger charge is -2.16. The van der Waals surface area contributed by atoms with Crippen molar-refractivity contribution in [1.82, 2.24) is 15.0 Å². The maximum atomic E-state index is 11.0. The Labute approximate surface area is 110 Å². The van der Waals surface area contributed by atoms with Crippen molar-refractivity contribution in [2.75, 3.05) is 0 Å². The summed E-state index contributed by atoms with van der Waals surface area (Å²) in [5.74, 6) is 0.575. The van der Waals surface area contributed by atoms with E-state index in [1.165, 1.54) is 25.7 Å². The van der Waals surface area contributed by atoms with Crippen LogP contribution in [0.4, 0.5) is 0 Å². The molecule has 5 nitrogen and oxygen atoms in total. The number of aromatic nitrogens is 3. The normalized spacial score (nSPS) is 19.2. The zero-order chi connectivity index (χ0) is 13.0. The Bertz CT molecular complexity index is 644. The van der Waals surface area contributed by atoms with Crippen LogP contribution < -0.4 is 0 Å². The van der Waals surface area contributed by atoms with Crippen LogP contribution in [0.25, 0.3) is 11.0 Å². The number of fused-ring (bicyclic) bond motifs is 1. The Morgan fingerprint density at radius 2 is 1.95 bits per heavy atom. The molecule has 0 amide bonds. The summed E-state index contributed by atoms with van der Waals surface area (Å²) >= 11 is 0. The Kier molecular flexibility index (Phi) is 2.19. The van der Waals surface area contributed by atoms with Gasteiger partial charge < -0.3 is 5.11 Å². The molecule has 0 spiro atoms. The third-order valence-corrected chi connectivity index (χ3v) is 4.21. The predicted molar refractivity (Wildman–Crippen MR) is 69.0 cm³/mol. The molecule has 2 fully saturated rings. The Morgan fingerprint density at radius 1 is 1.26 bits per heavy atom. The quantitative estimate of drug-likeness (QED) is 0.913. The molecule has 2 aliphatic rings. The van der Waals surface area contributed by atoms with E-state index in [0.29, 0.717) is 11.6 Å². The number of nitrogens with zero attached hydrogens (tertiary/aromatic N) is 3. The SMILES string of the molecule is O=C(O)c1ccc2c(c1)nnn2C(C1CC1)C1CC1. The minimum Gasteiger partial charge on any atom is -0.478 e. The second-order valence-electron chi connectivity index (χ2n) is 5.71. The summed E-state index contributed by atoms with van der Waals surface area (Å²) in [5, 5.41) is 17.4. The van der Waals surface area contributed by atoms with Crippen molar-refractivity contribution in [2.24, 2.45) is 11.8 Å². The molecule has 4 rings (SSSR count). The van der Waals surface area contributed by atoms with E-state index in [-0.39, 0.29) is 5.56 Å². The zero-order valence-corrected chi connectivity index (χ0v) is 10.5. The van der Waals surface area contributed by atoms with Gasteiger partial charge in [-0.25, -0.2) is 9.48 Å². The molecule has 0 radical (unpaired) electrons. The van der Waals surface area contributed by atoms with Gasteiger partial charge in [-0.15, -0.1) is 5.10 Å². The van der Waals surface area contributed by atoms with Crippen LogP contribution in [0.2, 0.25) is 0 Å². The Balaban J connectivity index is 1.79. The first kappa shape index (κ1) is 11.0. The standard InChI is InChI=1S/C14H15N3O2/c18-14(19)10-5-6-12-11(7-10)15-16-17(12)13(8-1-2-8)9-3-4-9/h5-9,13H,1-4H2,(H,18,19). The highest BCUT2D eigenvalue weighted by molar-refractivity contribution is 5.92. The Morgan fingerprint density at radius 3 is 2.53 bits per heavy atom. The minimum absolute atomic E-state index is 0.272. The second-order valence-corrected chi connectivity index (χ2v) is 5.71. The molecule has 1 N–H and O–H groups in total. The lowest BCUT2D eigenvalue weighted by molar-refractivity contribution is 0.0697. The smallest absolute Gasteiger partial charge is 0.335 e. The van der Waals surface area contributed by atoms with E-state index < -0.39 is 5.97 Å². The number of carbonyl (C=O) groups is 1. The van der Waals surface area contributed by atoms with Gasteiger partial charge in [0.15, 0.2) is 0 Å². The fourth-order valence-corrected chi connectivity index (χ4v) is 2.95. The first-order valence-corrected chi connectivity index (χ1v) is 6.82. The van der Waals surface area contributed by atoms with E-state index in [0.717, 1.165) is 17.4 Å². The van der Waals surface area contributed by atoms with E-state index in [9.17, 15) is 4.79 Å². The number of benzene rings is 1. The summed E-state index contributed by atoms with van der Waals surface area (Å²) in [6.07, 6.45) is 5.15. The van der Waals surface area contributed by atoms with Gasteiger partial charge in [0.25, 0.3) is 0 Å². The monoisotopic (exact) mass is 257 g/mol. The molecule has 2 aromatic rings. The molecule has 2 aliphatic carbocycles. The molecule has 19 heavy (non-hydrogen) atoms. The highest BCUT2D eigenvalue weighted by Gasteiger charge is 2.43. The lowest BCUT2D eigenvalue weighted by Crippen LogP contribution is -2.15. The first-order chi connectivity index (χ1) is 9.24. The predicted octanol–water partition coefficient (Wildman–Crippen LogP) is 2.49. The molecule has 1 aromatic heterocycles. The molecule has 0 aliphatic heterocycles. The van der Waals surface area contributed by atoms with Crippen LogP contribution in [0.5, 0.6) is 0 Å². The summed E-state index contributed by atoms with van der Waals surface area (Å²) in [6.45, 7) is 0. The molecule has 98 valence electrons. The maximum absolute atomic E-state index is 11.0. The van der Waals surface area contributed by atoms with E-state index in [1.54, 1.807) is 12.1 Å². The van der Waals surface area contributed by atoms with Crippen molar-refractivity contribution in [3.8, 4) is 0 Å². The molecular weight excluding hydrogens is 242 g/mol. The lowest BCUT2D eigenvalue weighted by atomic mass is 10.1. The number of aromatic carboxylic acids is 1. The topological polar surface area (TPSA) is 68.0 Å². The van der Waals surface area contributed by atoms with Crippen LogP contribution in [-0.2, 0) is 0 Å². The highest BCUT2D eigenvalue weighted by atomic mass is 16.4. The molecule has 0 atom stereocenters. The molecule has 2 saturated carbocycles. The fourth-order valence-electron chi connectivity index (χ4n) is 2.95. The van der Waals surface area contributed by atoms with E-state index in [4.69, 9.17) is 5.11 Å². The van der Waals surface area contributed by atoms with Crippen molar-refractivity contribution in [3.63, 3.8) is 0 Å². The van der Waals surface area contributed by atoms with Gasteiger partial charge >= 0.3 is 5.97 Å². The largest absolute Gasteiger partial charge is 0.478 e. The van der Waals surface area contributed by atoms with Gasteiger partial charge in [0, 0.05) is 0 Å². The minimum atomic E-state index is -0.919. The zero-order valence-electron chi connectivity index (χ0n) is 10.5. The summed E-state index contributed by atoms with van der Waals surface area (Å²) in [4.78, 5) is 11.0. The highest BCUT2D eigenvalue weighted by Crippen LogP contribution is 2.52. The maximum Gasteiger partial charge on any atom is 0.335 e. The third-order valence-electron chi connectivity index (χ3n) is 4.21. The molecular formula is C14H15N3O2. The van der Waals surface area contributed by atoms with Gasteiger partial charge in [-0.2, -0.15) is 0 Å². The van der Waals surface area contributed by atoms with Crippen LogP contribution in [-0.4, -0.2) is 26.1 Å². The van der Waals surface area contributed by atoms with Crippen molar-refractivity contribution >= 4 is 17.0 Å². The summed E-state index contributed by atoms with van der Waals surface area (Å²) in [6, 6.07) is 5.57. The average Bonchev–Trinajstić information content (AvgIpc) is 3.29. The van der Waals surface area contributed by atoms with Gasteiger partial charge in [-0.1, -0.05) is 5.21 Å². The van der Waals surface area contributed by atoms with Crippen LogP contribution in [0.3, 0.4) is 0 Å². The number of rotatable bonds is 4. The number of carboxylic acids is 1. The van der Waals surface area contributed by atoms with Crippen molar-refractivity contribution in [2.45, 2.75) is 31.7 Å². The summed E-state index contributed by atoms with van der Waals surface area (Å²) < 4.78 is 2.04. The van der Waals surface area contributed by atoms with E-state index in [2.05, 4.69) is 10.3 Å². The number of hydrogen-bond acceptors (Lipinski definition) is 3. The van der Waals surface area contributed by atoms with Gasteiger partial charge in [0.1, 0.15) is 5.52 Å². The molecule has 0 unspecified atom stereocenters. The van der Waals surface area contributed by atoms with E-state index in [1.807, 2.05) is 10.7 Å². The van der Waals surface area contributed by atoms with Crippen LogP contribution in [0.15, 0.2) is 18.2 Å². The van der Waals surface area contributed by atoms with Gasteiger partial charge in [-0.05, 0) is 55.7 Å².